The third-order valence-corrected chi connectivity index (χ3v) is 0.886. The molecular formula is C8H11NO. The van der Waals surface area contributed by atoms with Crippen LogP contribution in [0, 0.1) is 0 Å². The van der Waals surface area contributed by atoms with Crippen LogP contribution in [0.2, 0.25) is 0 Å². The predicted octanol–water partition coefficient (Wildman–Crippen LogP) is 1.74. The summed E-state index contributed by atoms with van der Waals surface area (Å²) >= 11 is 0. The molecule has 0 unspecified atom stereocenters. The highest BCUT2D eigenvalue weighted by Crippen LogP contribution is 1.91. The van der Waals surface area contributed by atoms with Crippen LogP contribution in [0.5, 0.6) is 0 Å². The molecule has 0 aliphatic heterocycles. The molecule has 0 rings (SSSR count). The largest absolute Gasteiger partial charge is 0.273 e. The minimum atomic E-state index is -0.125. The average molecular weight is 137 g/mol. The lowest BCUT2D eigenvalue weighted by Crippen LogP contribution is -1.90. The van der Waals surface area contributed by atoms with E-state index in [1.54, 1.807) is 6.08 Å². The molecule has 0 saturated carbocycles. The van der Waals surface area contributed by atoms with Crippen molar-refractivity contribution in [1.82, 2.24) is 0 Å². The predicted molar refractivity (Wildman–Crippen MR) is 43.1 cm³/mol. The Morgan fingerprint density at radius 3 is 2.70 bits per heavy atom. The van der Waals surface area contributed by atoms with E-state index in [1.807, 2.05) is 0 Å². The summed E-state index contributed by atoms with van der Waals surface area (Å²) in [6, 6.07) is 0. The van der Waals surface area contributed by atoms with E-state index in [9.17, 15) is 4.79 Å². The smallest absolute Gasteiger partial charge is 0.245 e. The molecule has 0 heterocycles. The van der Waals surface area contributed by atoms with Gasteiger partial charge in [-0.15, -0.1) is 6.58 Å². The Hall–Kier alpha value is -1.18. The van der Waals surface area contributed by atoms with Crippen molar-refractivity contribution in [3.63, 3.8) is 0 Å². The van der Waals surface area contributed by atoms with E-state index in [1.165, 1.54) is 12.3 Å². The minimum absolute atomic E-state index is 0.125. The number of amides is 1. The maximum Gasteiger partial charge on any atom is 0.245 e. The topological polar surface area (TPSA) is 29.4 Å². The van der Waals surface area contributed by atoms with E-state index in [4.69, 9.17) is 0 Å². The molecule has 0 atom stereocenters. The molecule has 0 fully saturated rings. The molecule has 0 bridgehead atoms. The number of hydrogen-bond donors (Lipinski definition) is 0. The van der Waals surface area contributed by atoms with Crippen LogP contribution in [0.25, 0.3) is 0 Å². The lowest BCUT2D eigenvalue weighted by atomic mass is 10.3. The van der Waals surface area contributed by atoms with E-state index in [0.717, 1.165) is 0 Å². The molecule has 0 spiro atoms. The Balaban J connectivity index is 3.52. The second kappa shape index (κ2) is 5.95. The summed E-state index contributed by atoms with van der Waals surface area (Å²) in [5.74, 6) is -0.125. The van der Waals surface area contributed by atoms with Gasteiger partial charge in [0.05, 0.1) is 0 Å². The zero-order valence-electron chi connectivity index (χ0n) is 5.92. The Bertz CT molecular complexity index is 159. The number of carbonyl (C=O) groups is 1. The third kappa shape index (κ3) is 4.97. The van der Waals surface area contributed by atoms with Crippen molar-refractivity contribution in [2.75, 3.05) is 0 Å². The van der Waals surface area contributed by atoms with Gasteiger partial charge in [-0.1, -0.05) is 18.7 Å². The first-order valence-corrected chi connectivity index (χ1v) is 3.10. The molecule has 2 heteroatoms. The number of aliphatic imine (C=N–C) groups is 1. The normalized spacial score (nSPS) is 9.60. The average Bonchev–Trinajstić information content (AvgIpc) is 1.97. The van der Waals surface area contributed by atoms with Gasteiger partial charge in [-0.2, -0.15) is 0 Å². The fraction of sp³-hybridized carbons (Fsp3) is 0.250. The zero-order chi connectivity index (χ0) is 7.82. The lowest BCUT2D eigenvalue weighted by molar-refractivity contribution is -0.117. The Morgan fingerprint density at radius 2 is 2.20 bits per heavy atom. The summed E-state index contributed by atoms with van der Waals surface area (Å²) in [4.78, 5) is 14.2. The van der Waals surface area contributed by atoms with Crippen LogP contribution in [0.1, 0.15) is 12.8 Å². The van der Waals surface area contributed by atoms with Crippen molar-refractivity contribution < 1.29 is 4.79 Å². The SMILES string of the molecule is C=CC=NC(=O)CCC=C. The highest BCUT2D eigenvalue weighted by molar-refractivity contribution is 5.88. The molecular weight excluding hydrogens is 126 g/mol. The Kier molecular flexibility index (Phi) is 5.25. The first-order chi connectivity index (χ1) is 4.81. The summed E-state index contributed by atoms with van der Waals surface area (Å²) in [5.41, 5.74) is 0. The first kappa shape index (κ1) is 8.82. The molecule has 0 aromatic rings. The second-order valence-electron chi connectivity index (χ2n) is 1.73. The van der Waals surface area contributed by atoms with Crippen LogP contribution in [0.4, 0.5) is 0 Å². The Morgan fingerprint density at radius 1 is 1.50 bits per heavy atom. The molecule has 0 aliphatic carbocycles. The molecule has 0 aromatic heterocycles. The summed E-state index contributed by atoms with van der Waals surface area (Å²) in [6.45, 7) is 6.88. The number of allylic oxidation sites excluding steroid dienone is 2. The molecule has 0 saturated heterocycles. The van der Waals surface area contributed by atoms with Crippen LogP contribution in [-0.2, 0) is 4.79 Å². The van der Waals surface area contributed by atoms with Gasteiger partial charge in [0.15, 0.2) is 0 Å². The molecule has 0 aromatic carbocycles. The summed E-state index contributed by atoms with van der Waals surface area (Å²) in [6.07, 6.45) is 5.69. The van der Waals surface area contributed by atoms with Gasteiger partial charge in [0, 0.05) is 12.6 Å². The fourth-order valence-electron chi connectivity index (χ4n) is 0.426. The van der Waals surface area contributed by atoms with Gasteiger partial charge < -0.3 is 0 Å². The van der Waals surface area contributed by atoms with Gasteiger partial charge >= 0.3 is 0 Å². The van der Waals surface area contributed by atoms with Gasteiger partial charge in [0.2, 0.25) is 5.91 Å². The quantitative estimate of drug-likeness (QED) is 0.428. The standard InChI is InChI=1S/C8H11NO/c1-3-5-6-8(10)9-7-4-2/h3-4,7H,1-2,5-6H2. The monoisotopic (exact) mass is 137 g/mol. The van der Waals surface area contributed by atoms with Crippen LogP contribution in [0.3, 0.4) is 0 Å². The highest BCUT2D eigenvalue weighted by atomic mass is 16.1. The molecule has 0 radical (unpaired) electrons. The van der Waals surface area contributed by atoms with E-state index in [0.29, 0.717) is 12.8 Å². The van der Waals surface area contributed by atoms with Crippen molar-refractivity contribution in [1.29, 1.82) is 0 Å². The second-order valence-corrected chi connectivity index (χ2v) is 1.73. The van der Waals surface area contributed by atoms with Crippen molar-refractivity contribution in [3.8, 4) is 0 Å². The maximum absolute atomic E-state index is 10.7. The molecule has 54 valence electrons. The van der Waals surface area contributed by atoms with Gasteiger partial charge in [-0.3, -0.25) is 4.79 Å². The highest BCUT2D eigenvalue weighted by Gasteiger charge is 1.92. The first-order valence-electron chi connectivity index (χ1n) is 3.10. The molecule has 2 nitrogen and oxygen atoms in total. The minimum Gasteiger partial charge on any atom is -0.273 e. The molecule has 0 aliphatic rings. The van der Waals surface area contributed by atoms with Gasteiger partial charge in [-0.25, -0.2) is 4.99 Å². The number of carbonyl (C=O) groups excluding carboxylic acids is 1. The third-order valence-electron chi connectivity index (χ3n) is 0.886. The summed E-state index contributed by atoms with van der Waals surface area (Å²) in [5, 5.41) is 0. The van der Waals surface area contributed by atoms with Crippen molar-refractivity contribution in [2.45, 2.75) is 12.8 Å². The summed E-state index contributed by atoms with van der Waals surface area (Å²) < 4.78 is 0. The van der Waals surface area contributed by atoms with Gasteiger partial charge in [-0.05, 0) is 6.42 Å². The molecule has 0 N–H and O–H groups in total. The van der Waals surface area contributed by atoms with Crippen LogP contribution < -0.4 is 0 Å². The van der Waals surface area contributed by atoms with E-state index >= 15 is 0 Å². The molecule has 1 amide bonds. The fourth-order valence-corrected chi connectivity index (χ4v) is 0.426. The van der Waals surface area contributed by atoms with E-state index in [2.05, 4.69) is 18.2 Å². The zero-order valence-corrected chi connectivity index (χ0v) is 5.92. The van der Waals surface area contributed by atoms with Crippen LogP contribution >= 0.6 is 0 Å². The van der Waals surface area contributed by atoms with E-state index in [-0.39, 0.29) is 5.91 Å². The van der Waals surface area contributed by atoms with Crippen LogP contribution in [0.15, 0.2) is 30.3 Å². The maximum atomic E-state index is 10.7. The lowest BCUT2D eigenvalue weighted by Gasteiger charge is -1.86. The van der Waals surface area contributed by atoms with Crippen molar-refractivity contribution in [3.05, 3.63) is 25.3 Å². The number of hydrogen-bond acceptors (Lipinski definition) is 1. The number of nitrogens with zero attached hydrogens (tertiary/aromatic N) is 1. The van der Waals surface area contributed by atoms with Gasteiger partial charge in [0.1, 0.15) is 0 Å². The van der Waals surface area contributed by atoms with Crippen molar-refractivity contribution in [2.24, 2.45) is 4.99 Å². The summed E-state index contributed by atoms with van der Waals surface area (Å²) in [7, 11) is 0. The number of rotatable bonds is 4. The Labute approximate surface area is 61.0 Å². The van der Waals surface area contributed by atoms with Crippen molar-refractivity contribution >= 4 is 12.1 Å². The molecule has 10 heavy (non-hydrogen) atoms. The van der Waals surface area contributed by atoms with Gasteiger partial charge in [0.25, 0.3) is 0 Å². The van der Waals surface area contributed by atoms with Crippen LogP contribution in [-0.4, -0.2) is 12.1 Å². The van der Waals surface area contributed by atoms with E-state index < -0.39 is 0 Å².